The van der Waals surface area contributed by atoms with Crippen LogP contribution in [0, 0.1) is 6.92 Å². The molecule has 0 bridgehead atoms. The van der Waals surface area contributed by atoms with Crippen molar-refractivity contribution in [2.45, 2.75) is 13.2 Å². The smallest absolute Gasteiger partial charge is 0.292 e. The molecule has 2 aromatic carbocycles. The molecule has 21 heavy (non-hydrogen) atoms. The minimum atomic E-state index is -4.60. The summed E-state index contributed by atoms with van der Waals surface area (Å²) < 4.78 is 40.1. The first-order valence-electron chi connectivity index (χ1n) is 6.46. The highest BCUT2D eigenvalue weighted by atomic mass is 19.4. The van der Waals surface area contributed by atoms with E-state index in [0.29, 0.717) is 22.3 Å². The largest absolute Gasteiger partial charge is 0.485 e. The van der Waals surface area contributed by atoms with Gasteiger partial charge in [-0.2, -0.15) is 13.2 Å². The van der Waals surface area contributed by atoms with E-state index in [4.69, 9.17) is 0 Å². The maximum absolute atomic E-state index is 13.4. The molecule has 3 rings (SSSR count). The number of para-hydroxylation sites is 1. The summed E-state index contributed by atoms with van der Waals surface area (Å²) in [5.41, 5.74) is 1.87. The SMILES string of the molecule is Cc1cccc2c1N(C(F)(F)F)CC(=O)c1ccccc1-2. The van der Waals surface area contributed by atoms with Gasteiger partial charge in [-0.05, 0) is 18.1 Å². The summed E-state index contributed by atoms with van der Waals surface area (Å²) in [6.07, 6.45) is -4.60. The van der Waals surface area contributed by atoms with Gasteiger partial charge in [0.1, 0.15) is 0 Å². The van der Waals surface area contributed by atoms with Crippen LogP contribution in [0.3, 0.4) is 0 Å². The number of rotatable bonds is 0. The Labute approximate surface area is 119 Å². The van der Waals surface area contributed by atoms with E-state index < -0.39 is 18.6 Å². The van der Waals surface area contributed by atoms with Crippen LogP contribution in [0.2, 0.25) is 0 Å². The fraction of sp³-hybridized carbons (Fsp3) is 0.188. The third-order valence-electron chi connectivity index (χ3n) is 3.63. The fourth-order valence-corrected chi connectivity index (χ4v) is 2.72. The Kier molecular flexibility index (Phi) is 3.01. The van der Waals surface area contributed by atoms with Crippen LogP contribution in [0.15, 0.2) is 42.5 Å². The van der Waals surface area contributed by atoms with Gasteiger partial charge >= 0.3 is 6.30 Å². The van der Waals surface area contributed by atoms with Crippen molar-refractivity contribution in [1.29, 1.82) is 0 Å². The molecular weight excluding hydrogens is 279 g/mol. The number of Topliss-reactive ketones (excluding diaryl/α,β-unsaturated/α-hetero) is 1. The number of anilines is 1. The molecule has 2 nitrogen and oxygen atoms in total. The normalized spacial score (nSPS) is 14.5. The van der Waals surface area contributed by atoms with Crippen LogP contribution in [0.5, 0.6) is 0 Å². The summed E-state index contributed by atoms with van der Waals surface area (Å²) in [4.78, 5) is 12.4. The molecule has 1 aliphatic heterocycles. The van der Waals surface area contributed by atoms with Crippen molar-refractivity contribution in [1.82, 2.24) is 0 Å². The second-order valence-electron chi connectivity index (χ2n) is 4.99. The van der Waals surface area contributed by atoms with Gasteiger partial charge in [0.25, 0.3) is 0 Å². The van der Waals surface area contributed by atoms with Crippen molar-refractivity contribution in [3.63, 3.8) is 0 Å². The molecule has 0 saturated heterocycles. The maximum atomic E-state index is 13.4. The Bertz CT molecular complexity index is 722. The van der Waals surface area contributed by atoms with Crippen molar-refractivity contribution in [3.8, 4) is 11.1 Å². The molecule has 0 aliphatic carbocycles. The summed E-state index contributed by atoms with van der Waals surface area (Å²) in [7, 11) is 0. The number of aryl methyl sites for hydroxylation is 1. The number of nitrogens with zero attached hydrogens (tertiary/aromatic N) is 1. The topological polar surface area (TPSA) is 20.3 Å². The monoisotopic (exact) mass is 291 g/mol. The number of benzene rings is 2. The van der Waals surface area contributed by atoms with Crippen molar-refractivity contribution >= 4 is 11.5 Å². The molecule has 0 saturated carbocycles. The van der Waals surface area contributed by atoms with Gasteiger partial charge in [0.2, 0.25) is 0 Å². The Morgan fingerprint density at radius 3 is 2.24 bits per heavy atom. The third-order valence-corrected chi connectivity index (χ3v) is 3.63. The lowest BCUT2D eigenvalue weighted by Gasteiger charge is -2.28. The third kappa shape index (κ3) is 2.18. The first kappa shape index (κ1) is 13.7. The lowest BCUT2D eigenvalue weighted by atomic mass is 9.96. The van der Waals surface area contributed by atoms with Crippen LogP contribution in [0.25, 0.3) is 11.1 Å². The molecule has 0 amide bonds. The fourth-order valence-electron chi connectivity index (χ4n) is 2.72. The number of fused-ring (bicyclic) bond motifs is 3. The predicted molar refractivity (Wildman–Crippen MR) is 74.3 cm³/mol. The van der Waals surface area contributed by atoms with E-state index in [1.54, 1.807) is 49.4 Å². The molecule has 0 fully saturated rings. The van der Waals surface area contributed by atoms with Crippen LogP contribution in [-0.2, 0) is 0 Å². The van der Waals surface area contributed by atoms with Gasteiger partial charge in [-0.3, -0.25) is 9.69 Å². The van der Waals surface area contributed by atoms with Gasteiger partial charge in [-0.25, -0.2) is 0 Å². The van der Waals surface area contributed by atoms with Crippen molar-refractivity contribution in [3.05, 3.63) is 53.6 Å². The van der Waals surface area contributed by atoms with E-state index in [-0.39, 0.29) is 10.6 Å². The van der Waals surface area contributed by atoms with E-state index in [2.05, 4.69) is 0 Å². The number of hydrogen-bond donors (Lipinski definition) is 0. The molecule has 1 heterocycles. The van der Waals surface area contributed by atoms with Gasteiger partial charge in [-0.15, -0.1) is 0 Å². The molecule has 0 spiro atoms. The molecule has 0 aromatic heterocycles. The van der Waals surface area contributed by atoms with Gasteiger partial charge in [0.05, 0.1) is 12.2 Å². The van der Waals surface area contributed by atoms with Crippen LogP contribution >= 0.6 is 0 Å². The average Bonchev–Trinajstić information content (AvgIpc) is 2.56. The number of alkyl halides is 3. The van der Waals surface area contributed by atoms with E-state index in [0.717, 1.165) is 0 Å². The number of carbonyl (C=O) groups is 1. The van der Waals surface area contributed by atoms with Crippen molar-refractivity contribution < 1.29 is 18.0 Å². The Morgan fingerprint density at radius 2 is 1.57 bits per heavy atom. The molecule has 2 aromatic rings. The molecule has 108 valence electrons. The predicted octanol–water partition coefficient (Wildman–Crippen LogP) is 4.18. The molecule has 0 atom stereocenters. The zero-order valence-electron chi connectivity index (χ0n) is 11.2. The zero-order chi connectivity index (χ0) is 15.2. The van der Waals surface area contributed by atoms with E-state index in [1.165, 1.54) is 0 Å². The van der Waals surface area contributed by atoms with Crippen LogP contribution in [0.4, 0.5) is 18.9 Å². The summed E-state index contributed by atoms with van der Waals surface area (Å²) in [6.45, 7) is 0.925. The van der Waals surface area contributed by atoms with Crippen LogP contribution in [0.1, 0.15) is 15.9 Å². The van der Waals surface area contributed by atoms with E-state index in [9.17, 15) is 18.0 Å². The average molecular weight is 291 g/mol. The number of halogens is 3. The minimum absolute atomic E-state index is 0.0586. The lowest BCUT2D eigenvalue weighted by Crippen LogP contribution is -2.41. The highest BCUT2D eigenvalue weighted by molar-refractivity contribution is 6.08. The molecule has 0 N–H and O–H groups in total. The molecule has 0 radical (unpaired) electrons. The summed E-state index contributed by atoms with van der Waals surface area (Å²) in [5.74, 6) is -0.529. The zero-order valence-corrected chi connectivity index (χ0v) is 11.2. The summed E-state index contributed by atoms with van der Waals surface area (Å²) in [6, 6.07) is 11.6. The van der Waals surface area contributed by atoms with Crippen LogP contribution in [-0.4, -0.2) is 18.6 Å². The molecule has 5 heteroatoms. The first-order valence-corrected chi connectivity index (χ1v) is 6.46. The van der Waals surface area contributed by atoms with E-state index >= 15 is 0 Å². The maximum Gasteiger partial charge on any atom is 0.485 e. The number of ketones is 1. The molecule has 0 unspecified atom stereocenters. The highest BCUT2D eigenvalue weighted by Gasteiger charge is 2.42. The summed E-state index contributed by atoms with van der Waals surface area (Å²) in [5, 5.41) is 0. The lowest BCUT2D eigenvalue weighted by molar-refractivity contribution is -0.127. The first-order chi connectivity index (χ1) is 9.89. The highest BCUT2D eigenvalue weighted by Crippen LogP contribution is 2.42. The van der Waals surface area contributed by atoms with Crippen molar-refractivity contribution in [2.75, 3.05) is 11.4 Å². The van der Waals surface area contributed by atoms with Gasteiger partial charge in [-0.1, -0.05) is 42.5 Å². The Morgan fingerprint density at radius 1 is 0.952 bits per heavy atom. The molecular formula is C16H12F3NO. The number of carbonyl (C=O) groups excluding carboxylic acids is 1. The van der Waals surface area contributed by atoms with Gasteiger partial charge < -0.3 is 0 Å². The second kappa shape index (κ2) is 4.62. The minimum Gasteiger partial charge on any atom is -0.292 e. The Hall–Kier alpha value is -2.30. The molecule has 1 aliphatic rings. The van der Waals surface area contributed by atoms with Crippen molar-refractivity contribution in [2.24, 2.45) is 0 Å². The quantitative estimate of drug-likeness (QED) is 0.678. The van der Waals surface area contributed by atoms with Gasteiger partial charge in [0.15, 0.2) is 5.78 Å². The summed E-state index contributed by atoms with van der Waals surface area (Å²) >= 11 is 0. The standard InChI is InChI=1S/C16H12F3NO/c1-10-5-4-8-13-11-6-2-3-7-12(11)14(21)9-20(15(10)13)16(17,18)19/h2-8H,9H2,1H3. The number of hydrogen-bond acceptors (Lipinski definition) is 2. The van der Waals surface area contributed by atoms with Crippen LogP contribution < -0.4 is 4.90 Å². The Balaban J connectivity index is 2.35. The van der Waals surface area contributed by atoms with E-state index in [1.807, 2.05) is 0 Å². The second-order valence-corrected chi connectivity index (χ2v) is 4.99. The van der Waals surface area contributed by atoms with Gasteiger partial charge in [0, 0.05) is 11.1 Å².